The molecule has 0 radical (unpaired) electrons. The quantitative estimate of drug-likeness (QED) is 0.177. The molecule has 2 aliphatic heterocycles. The van der Waals surface area contributed by atoms with Gasteiger partial charge in [0.2, 0.25) is 0 Å². The van der Waals surface area contributed by atoms with Gasteiger partial charge in [0.15, 0.2) is 5.84 Å². The zero-order valence-corrected chi connectivity index (χ0v) is 35.3. The third-order valence-corrected chi connectivity index (χ3v) is 14.7. The van der Waals surface area contributed by atoms with E-state index in [0.717, 1.165) is 68.8 Å². The van der Waals surface area contributed by atoms with Gasteiger partial charge in [-0.3, -0.25) is 0 Å². The third kappa shape index (κ3) is 5.30. The van der Waals surface area contributed by atoms with Crippen molar-refractivity contribution in [2.45, 2.75) is 24.9 Å². The number of thiophene rings is 1. The summed E-state index contributed by atoms with van der Waals surface area (Å²) in [5.74, 6) is 1.67. The summed E-state index contributed by atoms with van der Waals surface area (Å²) in [6, 6.07) is 58.6. The van der Waals surface area contributed by atoms with Gasteiger partial charge >= 0.3 is 0 Å². The smallest absolute Gasteiger partial charge is 0.160 e. The molecule has 0 spiro atoms. The molecule has 0 saturated carbocycles. The molecule has 0 saturated heterocycles. The Kier molecular flexibility index (Phi) is 7.74. The van der Waals surface area contributed by atoms with E-state index in [2.05, 4.69) is 168 Å². The van der Waals surface area contributed by atoms with Crippen molar-refractivity contribution >= 4 is 103 Å². The summed E-state index contributed by atoms with van der Waals surface area (Å²) in [5, 5.41) is 9.50. The lowest BCUT2D eigenvalue weighted by Crippen LogP contribution is -2.25. The number of aromatic nitrogens is 1. The average molecular weight is 840 g/mol. The number of rotatable bonds is 4. The standard InChI is InChI=1S/C58H37N3O2S/c1-2-15-35-33-48-43(32-34(35)14-1)36-16-3-7-24-46(36)61(48)47-31-30-38(57-56(47)41-19-6-10-29-53(41)64-57)45-23-13-22-44(37-20-11-27-51-54(37)39-17-4-8-25-49(39)62-51)59-58(60-45)42-21-12-28-52-55(42)40-18-5-9-26-50(40)63-52/h1-12,14-21,23-33,51,54H,13,22H2. The molecular formula is C58H37N3O2S. The normalized spacial score (nSPS) is 17.4. The predicted octanol–water partition coefficient (Wildman–Crippen LogP) is 15.3. The minimum Gasteiger partial charge on any atom is -0.485 e. The van der Waals surface area contributed by atoms with Crippen LogP contribution in [0.1, 0.15) is 35.4 Å². The number of fused-ring (bicyclic) bond motifs is 13. The Bertz CT molecular complexity index is 3960. The van der Waals surface area contributed by atoms with Gasteiger partial charge in [-0.15, -0.1) is 11.3 Å². The highest BCUT2D eigenvalue weighted by atomic mass is 32.1. The fraction of sp³-hybridized carbons (Fsp3) is 0.0690. The summed E-state index contributed by atoms with van der Waals surface area (Å²) in [7, 11) is 0. The van der Waals surface area contributed by atoms with E-state index >= 15 is 0 Å². The predicted molar refractivity (Wildman–Crippen MR) is 267 cm³/mol. The average Bonchev–Trinajstić information content (AvgIpc) is 4.10. The first kappa shape index (κ1) is 35.8. The maximum atomic E-state index is 6.50. The Morgan fingerprint density at radius 2 is 1.39 bits per heavy atom. The lowest BCUT2D eigenvalue weighted by molar-refractivity contribution is 0.267. The van der Waals surface area contributed by atoms with Crippen LogP contribution in [-0.2, 0) is 0 Å². The molecule has 0 fully saturated rings. The number of aliphatic imine (C=N–C) groups is 2. The molecule has 6 heteroatoms. The van der Waals surface area contributed by atoms with Crippen LogP contribution >= 0.6 is 11.3 Å². The van der Waals surface area contributed by atoms with Gasteiger partial charge in [0.1, 0.15) is 23.0 Å². The number of amidine groups is 1. The molecule has 5 heterocycles. The van der Waals surface area contributed by atoms with Crippen LogP contribution in [0, 0.1) is 0 Å². The van der Waals surface area contributed by atoms with Gasteiger partial charge in [0.25, 0.3) is 0 Å². The monoisotopic (exact) mass is 839 g/mol. The second kappa shape index (κ2) is 13.9. The first-order valence-electron chi connectivity index (χ1n) is 22.0. The summed E-state index contributed by atoms with van der Waals surface area (Å²) in [5.41, 5.74) is 11.6. The topological polar surface area (TPSA) is 52.0 Å². The molecule has 0 amide bonds. The molecule has 2 atom stereocenters. The van der Waals surface area contributed by atoms with Gasteiger partial charge in [-0.2, -0.15) is 0 Å². The Hall–Kier alpha value is -7.80. The van der Waals surface area contributed by atoms with E-state index in [9.17, 15) is 0 Å². The zero-order valence-electron chi connectivity index (χ0n) is 34.5. The minimum absolute atomic E-state index is 0.0548. The maximum absolute atomic E-state index is 6.50. The van der Waals surface area contributed by atoms with Gasteiger partial charge in [0, 0.05) is 64.1 Å². The van der Waals surface area contributed by atoms with Crippen LogP contribution in [0.3, 0.4) is 0 Å². The zero-order chi connectivity index (χ0) is 41.9. The highest BCUT2D eigenvalue weighted by Gasteiger charge is 2.38. The van der Waals surface area contributed by atoms with Crippen molar-refractivity contribution in [3.05, 3.63) is 210 Å². The summed E-state index contributed by atoms with van der Waals surface area (Å²) in [6.45, 7) is 0. The van der Waals surface area contributed by atoms with Crippen LogP contribution in [0.5, 0.6) is 5.75 Å². The van der Waals surface area contributed by atoms with Gasteiger partial charge in [-0.25, -0.2) is 9.98 Å². The largest absolute Gasteiger partial charge is 0.485 e. The molecule has 1 aliphatic carbocycles. The van der Waals surface area contributed by atoms with Crippen LogP contribution in [0.2, 0.25) is 0 Å². The Morgan fingerprint density at radius 3 is 2.33 bits per heavy atom. The van der Waals surface area contributed by atoms with E-state index in [1.165, 1.54) is 63.9 Å². The van der Waals surface area contributed by atoms with Crippen LogP contribution in [-0.4, -0.2) is 22.2 Å². The summed E-state index contributed by atoms with van der Waals surface area (Å²) >= 11 is 1.84. The lowest BCUT2D eigenvalue weighted by Gasteiger charge is -2.24. The van der Waals surface area contributed by atoms with Crippen molar-refractivity contribution in [1.29, 1.82) is 0 Å². The lowest BCUT2D eigenvalue weighted by atomic mass is 9.81. The Morgan fingerprint density at radius 1 is 0.609 bits per heavy atom. The molecule has 302 valence electrons. The van der Waals surface area contributed by atoms with Crippen molar-refractivity contribution in [3.63, 3.8) is 0 Å². The number of nitrogens with zero attached hydrogens (tertiary/aromatic N) is 3. The minimum atomic E-state index is -0.0775. The SMILES string of the molecule is C1=CC2Oc3ccccc3C2C(C2=NC(c3cccc4oc5ccccc5c34)=NC(c3ccc(-n4c5ccccc5c5cc6ccccc6cc54)c4c3sc3ccccc34)=CCC2)=C1. The number of furan rings is 1. The fourth-order valence-electron chi connectivity index (χ4n) is 10.7. The molecule has 5 nitrogen and oxygen atoms in total. The molecule has 14 rings (SSSR count). The van der Waals surface area contributed by atoms with E-state index in [4.69, 9.17) is 19.1 Å². The Balaban J connectivity index is 1.01. The van der Waals surface area contributed by atoms with E-state index < -0.39 is 0 Å². The Labute approximate surface area is 371 Å². The van der Waals surface area contributed by atoms with Crippen LogP contribution in [0.25, 0.3) is 86.1 Å². The van der Waals surface area contributed by atoms with Gasteiger partial charge in [0.05, 0.1) is 28.3 Å². The molecule has 3 aliphatic rings. The van der Waals surface area contributed by atoms with Gasteiger partial charge < -0.3 is 13.7 Å². The molecular weight excluding hydrogens is 803 g/mol. The van der Waals surface area contributed by atoms with E-state index in [0.29, 0.717) is 5.84 Å². The maximum Gasteiger partial charge on any atom is 0.160 e. The molecule has 64 heavy (non-hydrogen) atoms. The highest BCUT2D eigenvalue weighted by Crippen LogP contribution is 2.48. The number of benzene rings is 8. The third-order valence-electron chi connectivity index (χ3n) is 13.5. The summed E-state index contributed by atoms with van der Waals surface area (Å²) in [6.07, 6.45) is 10.3. The van der Waals surface area contributed by atoms with E-state index in [1.807, 2.05) is 35.6 Å². The summed E-state index contributed by atoms with van der Waals surface area (Å²) in [4.78, 5) is 11.4. The molecule has 3 aromatic heterocycles. The summed E-state index contributed by atoms with van der Waals surface area (Å²) < 4.78 is 17.9. The van der Waals surface area contributed by atoms with Crippen LogP contribution < -0.4 is 4.74 Å². The second-order valence-electron chi connectivity index (χ2n) is 17.0. The first-order chi connectivity index (χ1) is 31.7. The molecule has 0 bridgehead atoms. The fourth-order valence-corrected chi connectivity index (χ4v) is 11.9. The van der Waals surface area contributed by atoms with Crippen molar-refractivity contribution in [1.82, 2.24) is 4.57 Å². The van der Waals surface area contributed by atoms with Crippen molar-refractivity contribution < 1.29 is 9.15 Å². The van der Waals surface area contributed by atoms with Crippen molar-refractivity contribution in [2.24, 2.45) is 9.98 Å². The molecule has 2 unspecified atom stereocenters. The number of para-hydroxylation sites is 3. The highest BCUT2D eigenvalue weighted by molar-refractivity contribution is 7.26. The first-order valence-corrected chi connectivity index (χ1v) is 22.8. The van der Waals surface area contributed by atoms with Crippen molar-refractivity contribution in [2.75, 3.05) is 0 Å². The van der Waals surface area contributed by atoms with Gasteiger partial charge in [-0.1, -0.05) is 127 Å². The van der Waals surface area contributed by atoms with Gasteiger partial charge in [-0.05, 0) is 89.9 Å². The number of ether oxygens (including phenoxy) is 1. The number of allylic oxidation sites excluding steroid dienone is 3. The molecule has 8 aromatic carbocycles. The van der Waals surface area contributed by atoms with E-state index in [1.54, 1.807) is 0 Å². The van der Waals surface area contributed by atoms with E-state index in [-0.39, 0.29) is 12.0 Å². The van der Waals surface area contributed by atoms with Crippen LogP contribution in [0.15, 0.2) is 208 Å². The second-order valence-corrected chi connectivity index (χ2v) is 18.1. The number of hydrogen-bond donors (Lipinski definition) is 0. The number of hydrogen-bond acceptors (Lipinski definition) is 5. The van der Waals surface area contributed by atoms with Crippen molar-refractivity contribution in [3.8, 4) is 11.4 Å². The van der Waals surface area contributed by atoms with Crippen LogP contribution in [0.4, 0.5) is 0 Å². The molecule has 0 N–H and O–H groups in total. The molecule has 11 aromatic rings.